The van der Waals surface area contributed by atoms with Crippen molar-refractivity contribution < 1.29 is 0 Å². The first-order chi connectivity index (χ1) is 6.36. The number of hydrogen-bond donors (Lipinski definition) is 0. The maximum absolute atomic E-state index is 2.74. The maximum atomic E-state index is 2.74. The highest BCUT2D eigenvalue weighted by atomic mass is 15.2. The van der Waals surface area contributed by atoms with Crippen LogP contribution in [0.2, 0.25) is 0 Å². The average molecular weight is 197 g/mol. The van der Waals surface area contributed by atoms with Crippen molar-refractivity contribution in [2.75, 3.05) is 0 Å². The lowest BCUT2D eigenvalue weighted by Gasteiger charge is -2.52. The van der Waals surface area contributed by atoms with Crippen LogP contribution in [0.25, 0.3) is 0 Å². The first kappa shape index (κ1) is 12.0. The Balaban J connectivity index is 2.84. The summed E-state index contributed by atoms with van der Waals surface area (Å²) in [6, 6.07) is 1.47. The van der Waals surface area contributed by atoms with E-state index in [9.17, 15) is 0 Å². The number of likely N-dealkylation sites (tertiary alicyclic amines) is 1. The van der Waals surface area contributed by atoms with Crippen LogP contribution in [0.15, 0.2) is 0 Å². The standard InChI is InChI=1S/C13H27N/c1-10(2)12-8-7-9-13(5,6)14(12)11(3)4/h10-12H,7-9H2,1-6H3. The molecule has 0 N–H and O–H groups in total. The molecule has 0 aromatic carbocycles. The molecule has 0 aromatic heterocycles. The number of rotatable bonds is 2. The van der Waals surface area contributed by atoms with Crippen LogP contribution in [0.3, 0.4) is 0 Å². The molecule has 84 valence electrons. The van der Waals surface area contributed by atoms with Crippen molar-refractivity contribution in [2.24, 2.45) is 5.92 Å². The molecular weight excluding hydrogens is 170 g/mol. The summed E-state index contributed by atoms with van der Waals surface area (Å²) in [4.78, 5) is 2.74. The minimum Gasteiger partial charge on any atom is -0.293 e. The van der Waals surface area contributed by atoms with Gasteiger partial charge in [0.05, 0.1) is 0 Å². The van der Waals surface area contributed by atoms with Crippen LogP contribution in [0, 0.1) is 5.92 Å². The van der Waals surface area contributed by atoms with Crippen LogP contribution < -0.4 is 0 Å². The van der Waals surface area contributed by atoms with Crippen molar-refractivity contribution in [1.29, 1.82) is 0 Å². The van der Waals surface area contributed by atoms with Gasteiger partial charge in [-0.15, -0.1) is 0 Å². The summed E-state index contributed by atoms with van der Waals surface area (Å²) in [5.74, 6) is 0.789. The molecule has 1 saturated heterocycles. The molecule has 0 bridgehead atoms. The molecule has 0 aromatic rings. The summed E-state index contributed by atoms with van der Waals surface area (Å²) in [6.07, 6.45) is 4.15. The van der Waals surface area contributed by atoms with Gasteiger partial charge in [-0.1, -0.05) is 20.3 Å². The van der Waals surface area contributed by atoms with E-state index in [1.165, 1.54) is 19.3 Å². The van der Waals surface area contributed by atoms with E-state index in [4.69, 9.17) is 0 Å². The highest BCUT2D eigenvalue weighted by Gasteiger charge is 2.38. The molecule has 1 unspecified atom stereocenters. The zero-order valence-electron chi connectivity index (χ0n) is 10.8. The molecule has 0 amide bonds. The van der Waals surface area contributed by atoms with Crippen molar-refractivity contribution in [1.82, 2.24) is 4.90 Å². The van der Waals surface area contributed by atoms with Crippen LogP contribution in [-0.4, -0.2) is 22.5 Å². The normalized spacial score (nSPS) is 28.7. The Labute approximate surface area is 89.9 Å². The molecule has 1 nitrogen and oxygen atoms in total. The Hall–Kier alpha value is -0.0400. The van der Waals surface area contributed by atoms with E-state index in [-0.39, 0.29) is 0 Å². The van der Waals surface area contributed by atoms with Crippen LogP contribution in [0.4, 0.5) is 0 Å². The third kappa shape index (κ3) is 2.31. The molecule has 1 aliphatic rings. The van der Waals surface area contributed by atoms with Crippen molar-refractivity contribution in [3.05, 3.63) is 0 Å². The number of hydrogen-bond acceptors (Lipinski definition) is 1. The third-order valence-electron chi connectivity index (χ3n) is 3.67. The molecule has 14 heavy (non-hydrogen) atoms. The van der Waals surface area contributed by atoms with Gasteiger partial charge in [0.2, 0.25) is 0 Å². The quantitative estimate of drug-likeness (QED) is 0.652. The molecular formula is C13H27N. The topological polar surface area (TPSA) is 3.24 Å². The highest BCUT2D eigenvalue weighted by molar-refractivity contribution is 4.94. The van der Waals surface area contributed by atoms with Gasteiger partial charge < -0.3 is 0 Å². The van der Waals surface area contributed by atoms with E-state index >= 15 is 0 Å². The summed E-state index contributed by atoms with van der Waals surface area (Å²) in [5.41, 5.74) is 0.404. The first-order valence-corrected chi connectivity index (χ1v) is 6.14. The number of piperidine rings is 1. The van der Waals surface area contributed by atoms with E-state index in [1.807, 2.05) is 0 Å². The van der Waals surface area contributed by atoms with Gasteiger partial charge in [-0.05, 0) is 46.5 Å². The van der Waals surface area contributed by atoms with Crippen molar-refractivity contribution >= 4 is 0 Å². The van der Waals surface area contributed by atoms with Crippen LogP contribution in [0.1, 0.15) is 60.8 Å². The zero-order chi connectivity index (χ0) is 10.9. The van der Waals surface area contributed by atoms with Crippen molar-refractivity contribution in [3.63, 3.8) is 0 Å². The smallest absolute Gasteiger partial charge is 0.0159 e. The molecule has 1 aliphatic heterocycles. The van der Waals surface area contributed by atoms with Gasteiger partial charge in [-0.2, -0.15) is 0 Å². The maximum Gasteiger partial charge on any atom is 0.0159 e. The zero-order valence-corrected chi connectivity index (χ0v) is 10.8. The molecule has 1 atom stereocenters. The van der Waals surface area contributed by atoms with Gasteiger partial charge in [0.1, 0.15) is 0 Å². The van der Waals surface area contributed by atoms with E-state index in [0.29, 0.717) is 11.6 Å². The summed E-state index contributed by atoms with van der Waals surface area (Å²) >= 11 is 0. The van der Waals surface area contributed by atoms with Gasteiger partial charge >= 0.3 is 0 Å². The Kier molecular flexibility index (Phi) is 3.63. The first-order valence-electron chi connectivity index (χ1n) is 6.14. The lowest BCUT2D eigenvalue weighted by molar-refractivity contribution is -0.0225. The van der Waals surface area contributed by atoms with Gasteiger partial charge in [0, 0.05) is 17.6 Å². The van der Waals surface area contributed by atoms with E-state index in [2.05, 4.69) is 46.4 Å². The lowest BCUT2D eigenvalue weighted by atomic mass is 9.81. The fourth-order valence-corrected chi connectivity index (χ4v) is 3.20. The fraction of sp³-hybridized carbons (Fsp3) is 1.00. The Morgan fingerprint density at radius 3 is 2.07 bits per heavy atom. The fourth-order valence-electron chi connectivity index (χ4n) is 3.20. The monoisotopic (exact) mass is 197 g/mol. The van der Waals surface area contributed by atoms with E-state index in [0.717, 1.165) is 12.0 Å². The Morgan fingerprint density at radius 2 is 1.71 bits per heavy atom. The predicted octanol–water partition coefficient (Wildman–Crippen LogP) is 3.68. The second-order valence-corrected chi connectivity index (χ2v) is 6.02. The minimum absolute atomic E-state index is 0.404. The predicted molar refractivity (Wildman–Crippen MR) is 63.5 cm³/mol. The highest BCUT2D eigenvalue weighted by Crippen LogP contribution is 2.36. The van der Waals surface area contributed by atoms with Gasteiger partial charge in [0.15, 0.2) is 0 Å². The van der Waals surface area contributed by atoms with Gasteiger partial charge in [0.25, 0.3) is 0 Å². The Bertz CT molecular complexity index is 182. The molecule has 0 spiro atoms. The molecule has 0 aliphatic carbocycles. The minimum atomic E-state index is 0.404. The Morgan fingerprint density at radius 1 is 1.14 bits per heavy atom. The van der Waals surface area contributed by atoms with Crippen molar-refractivity contribution in [2.45, 2.75) is 78.4 Å². The molecule has 0 saturated carbocycles. The van der Waals surface area contributed by atoms with Crippen LogP contribution >= 0.6 is 0 Å². The SMILES string of the molecule is CC(C)C1CCCC(C)(C)N1C(C)C. The van der Waals surface area contributed by atoms with E-state index in [1.54, 1.807) is 0 Å². The average Bonchev–Trinajstić information content (AvgIpc) is 2.00. The molecule has 1 fully saturated rings. The van der Waals surface area contributed by atoms with Crippen molar-refractivity contribution in [3.8, 4) is 0 Å². The molecule has 1 rings (SSSR count). The van der Waals surface area contributed by atoms with Gasteiger partial charge in [-0.25, -0.2) is 0 Å². The molecule has 1 heteroatoms. The van der Waals surface area contributed by atoms with Crippen LogP contribution in [-0.2, 0) is 0 Å². The summed E-state index contributed by atoms with van der Waals surface area (Å²) < 4.78 is 0. The number of nitrogens with zero attached hydrogens (tertiary/aromatic N) is 1. The third-order valence-corrected chi connectivity index (χ3v) is 3.67. The summed E-state index contributed by atoms with van der Waals surface area (Å²) in [5, 5.41) is 0. The summed E-state index contributed by atoms with van der Waals surface area (Å²) in [6.45, 7) is 14.2. The van der Waals surface area contributed by atoms with Gasteiger partial charge in [-0.3, -0.25) is 4.90 Å². The molecule has 0 radical (unpaired) electrons. The lowest BCUT2D eigenvalue weighted by Crippen LogP contribution is -2.57. The summed E-state index contributed by atoms with van der Waals surface area (Å²) in [7, 11) is 0. The molecule has 1 heterocycles. The second-order valence-electron chi connectivity index (χ2n) is 6.02. The largest absolute Gasteiger partial charge is 0.293 e. The van der Waals surface area contributed by atoms with E-state index < -0.39 is 0 Å². The second kappa shape index (κ2) is 4.22. The van der Waals surface area contributed by atoms with Crippen LogP contribution in [0.5, 0.6) is 0 Å².